The first-order valence-electron chi connectivity index (χ1n) is 10.1. The number of carbonyl (C=O) groups is 2. The summed E-state index contributed by atoms with van der Waals surface area (Å²) in [5, 5.41) is 4.16. The smallest absolute Gasteiger partial charge is 0.231 e. The summed E-state index contributed by atoms with van der Waals surface area (Å²) in [4.78, 5) is 32.4. The number of aryl methyl sites for hydroxylation is 1. The van der Waals surface area contributed by atoms with E-state index in [0.717, 1.165) is 43.5 Å². The van der Waals surface area contributed by atoms with Crippen LogP contribution in [0.25, 0.3) is 11.4 Å². The Bertz CT molecular complexity index is 863. The third-order valence-electron chi connectivity index (χ3n) is 5.70. The van der Waals surface area contributed by atoms with Crippen LogP contribution in [0.2, 0.25) is 0 Å². The minimum atomic E-state index is 0.0661. The average molecular weight is 382 g/mol. The minimum absolute atomic E-state index is 0.0661. The largest absolute Gasteiger partial charge is 0.343 e. The van der Waals surface area contributed by atoms with E-state index < -0.39 is 0 Å². The van der Waals surface area contributed by atoms with E-state index in [1.165, 1.54) is 0 Å². The van der Waals surface area contributed by atoms with Gasteiger partial charge in [-0.05, 0) is 31.7 Å². The molecule has 2 aliphatic heterocycles. The summed E-state index contributed by atoms with van der Waals surface area (Å²) >= 11 is 0. The molecule has 7 nitrogen and oxygen atoms in total. The van der Waals surface area contributed by atoms with E-state index in [1.807, 2.05) is 41.0 Å². The van der Waals surface area contributed by atoms with E-state index in [-0.39, 0.29) is 17.7 Å². The number of hydrogen-bond acceptors (Lipinski definition) is 5. The fourth-order valence-corrected chi connectivity index (χ4v) is 4.06. The number of rotatable bonds is 6. The van der Waals surface area contributed by atoms with Crippen molar-refractivity contribution in [1.82, 2.24) is 19.9 Å². The summed E-state index contributed by atoms with van der Waals surface area (Å²) < 4.78 is 5.54. The molecular formula is C21H26N4O3. The summed E-state index contributed by atoms with van der Waals surface area (Å²) in [6.07, 6.45) is 3.64. The van der Waals surface area contributed by atoms with Gasteiger partial charge in [0, 0.05) is 44.6 Å². The Labute approximate surface area is 164 Å². The van der Waals surface area contributed by atoms with Crippen LogP contribution in [0, 0.1) is 6.92 Å². The molecule has 0 aliphatic carbocycles. The van der Waals surface area contributed by atoms with Gasteiger partial charge in [-0.3, -0.25) is 9.59 Å². The summed E-state index contributed by atoms with van der Waals surface area (Å²) in [6.45, 7) is 4.86. The van der Waals surface area contributed by atoms with Gasteiger partial charge in [-0.2, -0.15) is 4.98 Å². The average Bonchev–Trinajstić information content (AvgIpc) is 3.33. The van der Waals surface area contributed by atoms with Crippen molar-refractivity contribution in [1.29, 1.82) is 0 Å². The first-order chi connectivity index (χ1) is 13.6. The van der Waals surface area contributed by atoms with Crippen molar-refractivity contribution >= 4 is 11.8 Å². The normalized spacial score (nSPS) is 20.2. The molecule has 0 spiro atoms. The number of nitrogens with zero attached hydrogens (tertiary/aromatic N) is 4. The van der Waals surface area contributed by atoms with Crippen molar-refractivity contribution in [3.63, 3.8) is 0 Å². The maximum atomic E-state index is 12.3. The molecule has 0 saturated carbocycles. The number of piperidine rings is 1. The van der Waals surface area contributed by atoms with Crippen LogP contribution in [-0.2, 0) is 9.59 Å². The zero-order valence-corrected chi connectivity index (χ0v) is 16.3. The summed E-state index contributed by atoms with van der Waals surface area (Å²) in [7, 11) is 0. The maximum absolute atomic E-state index is 12.3. The van der Waals surface area contributed by atoms with Gasteiger partial charge >= 0.3 is 0 Å². The molecule has 0 unspecified atom stereocenters. The third kappa shape index (κ3) is 3.93. The highest BCUT2D eigenvalue weighted by Crippen LogP contribution is 2.29. The van der Waals surface area contributed by atoms with Crippen molar-refractivity contribution in [2.45, 2.75) is 44.9 Å². The van der Waals surface area contributed by atoms with E-state index in [2.05, 4.69) is 10.1 Å². The molecule has 3 heterocycles. The highest BCUT2D eigenvalue weighted by atomic mass is 16.5. The van der Waals surface area contributed by atoms with Crippen LogP contribution in [-0.4, -0.2) is 57.9 Å². The van der Waals surface area contributed by atoms with Crippen LogP contribution in [0.4, 0.5) is 0 Å². The molecule has 2 aliphatic rings. The molecule has 0 N–H and O–H groups in total. The number of carbonyl (C=O) groups excluding carboxylic acids is 2. The van der Waals surface area contributed by atoms with E-state index in [0.29, 0.717) is 37.6 Å². The van der Waals surface area contributed by atoms with Crippen molar-refractivity contribution in [2.24, 2.45) is 0 Å². The van der Waals surface area contributed by atoms with Gasteiger partial charge in [0.05, 0.1) is 5.92 Å². The Balaban J connectivity index is 1.37. The van der Waals surface area contributed by atoms with Crippen molar-refractivity contribution in [3.05, 3.63) is 35.7 Å². The molecule has 2 saturated heterocycles. The van der Waals surface area contributed by atoms with Crippen LogP contribution >= 0.6 is 0 Å². The van der Waals surface area contributed by atoms with E-state index in [9.17, 15) is 9.59 Å². The molecule has 1 aromatic carbocycles. The quantitative estimate of drug-likeness (QED) is 0.767. The van der Waals surface area contributed by atoms with Crippen LogP contribution in [0.1, 0.15) is 49.5 Å². The zero-order chi connectivity index (χ0) is 19.5. The fraction of sp³-hybridized carbons (Fsp3) is 0.524. The highest BCUT2D eigenvalue weighted by Gasteiger charge is 2.30. The lowest BCUT2D eigenvalue weighted by atomic mass is 9.97. The van der Waals surface area contributed by atoms with E-state index in [1.54, 1.807) is 0 Å². The Morgan fingerprint density at radius 3 is 2.68 bits per heavy atom. The van der Waals surface area contributed by atoms with Crippen LogP contribution in [0.3, 0.4) is 0 Å². The van der Waals surface area contributed by atoms with E-state index >= 15 is 0 Å². The second-order valence-corrected chi connectivity index (χ2v) is 7.68. The topological polar surface area (TPSA) is 79.5 Å². The molecule has 2 fully saturated rings. The highest BCUT2D eigenvalue weighted by molar-refractivity contribution is 5.78. The predicted molar refractivity (Wildman–Crippen MR) is 103 cm³/mol. The SMILES string of the molecule is Cc1ccccc1-c1noc([C@H]2CCC(=O)N(CCCN3CCCC3=O)C2)n1. The number of benzene rings is 1. The van der Waals surface area contributed by atoms with Crippen LogP contribution < -0.4 is 0 Å². The van der Waals surface area contributed by atoms with Gasteiger partial charge in [0.2, 0.25) is 23.5 Å². The first-order valence-corrected chi connectivity index (χ1v) is 10.1. The zero-order valence-electron chi connectivity index (χ0n) is 16.3. The summed E-state index contributed by atoms with van der Waals surface area (Å²) in [5.74, 6) is 1.67. The Hall–Kier alpha value is -2.70. The van der Waals surface area contributed by atoms with Gasteiger partial charge < -0.3 is 14.3 Å². The van der Waals surface area contributed by atoms with E-state index in [4.69, 9.17) is 4.52 Å². The van der Waals surface area contributed by atoms with Gasteiger partial charge in [0.15, 0.2) is 0 Å². The molecule has 7 heteroatoms. The molecular weight excluding hydrogens is 356 g/mol. The molecule has 1 atom stereocenters. The lowest BCUT2D eigenvalue weighted by molar-refractivity contribution is -0.134. The van der Waals surface area contributed by atoms with Gasteiger partial charge in [0.1, 0.15) is 0 Å². The van der Waals surface area contributed by atoms with Crippen LogP contribution in [0.15, 0.2) is 28.8 Å². The standard InChI is InChI=1S/C21H26N4O3/c1-15-6-2-3-7-17(15)20-22-21(28-23-20)16-9-10-19(27)25(14-16)13-5-12-24-11-4-8-18(24)26/h2-3,6-7,16H,4-5,8-14H2,1H3/t16-/m0/s1. The molecule has 0 radical (unpaired) electrons. The minimum Gasteiger partial charge on any atom is -0.343 e. The molecule has 2 aromatic rings. The molecule has 4 rings (SSSR count). The second-order valence-electron chi connectivity index (χ2n) is 7.68. The number of hydrogen-bond donors (Lipinski definition) is 0. The summed E-state index contributed by atoms with van der Waals surface area (Å²) in [6, 6.07) is 7.96. The lowest BCUT2D eigenvalue weighted by Gasteiger charge is -2.31. The number of amides is 2. The monoisotopic (exact) mass is 382 g/mol. The molecule has 0 bridgehead atoms. The van der Waals surface area contributed by atoms with Crippen molar-refractivity contribution in [3.8, 4) is 11.4 Å². The predicted octanol–water partition coefficient (Wildman–Crippen LogP) is 2.76. The third-order valence-corrected chi connectivity index (χ3v) is 5.70. The molecule has 2 amide bonds. The Morgan fingerprint density at radius 1 is 1.11 bits per heavy atom. The fourth-order valence-electron chi connectivity index (χ4n) is 4.06. The Kier molecular flexibility index (Phi) is 5.41. The number of likely N-dealkylation sites (tertiary alicyclic amines) is 2. The maximum Gasteiger partial charge on any atom is 0.231 e. The van der Waals surface area contributed by atoms with Gasteiger partial charge in [-0.1, -0.05) is 29.4 Å². The van der Waals surface area contributed by atoms with Crippen molar-refractivity contribution < 1.29 is 14.1 Å². The molecule has 28 heavy (non-hydrogen) atoms. The van der Waals surface area contributed by atoms with Crippen molar-refractivity contribution in [2.75, 3.05) is 26.2 Å². The first kappa shape index (κ1) is 18.7. The molecule has 1 aromatic heterocycles. The Morgan fingerprint density at radius 2 is 1.89 bits per heavy atom. The summed E-state index contributed by atoms with van der Waals surface area (Å²) in [5.41, 5.74) is 2.07. The van der Waals surface area contributed by atoms with Gasteiger partial charge in [-0.25, -0.2) is 0 Å². The second kappa shape index (κ2) is 8.12. The van der Waals surface area contributed by atoms with Gasteiger partial charge in [0.25, 0.3) is 0 Å². The number of aromatic nitrogens is 2. The van der Waals surface area contributed by atoms with Crippen LogP contribution in [0.5, 0.6) is 0 Å². The lowest BCUT2D eigenvalue weighted by Crippen LogP contribution is -2.40. The molecule has 148 valence electrons. The van der Waals surface area contributed by atoms with Gasteiger partial charge in [-0.15, -0.1) is 0 Å².